The molecule has 48 heteroatoms. The molecule has 0 aliphatic carbocycles. The predicted octanol–water partition coefficient (Wildman–Crippen LogP) is 23.6. The second-order valence-electron chi connectivity index (χ2n) is 1.63. The Morgan fingerprint density at radius 1 is 0.148 bits per heavy atom. The van der Waals surface area contributed by atoms with E-state index in [1.807, 2.05) is 0 Å². The Morgan fingerprint density at radius 2 is 0.148 bits per heavy atom. The molecule has 0 amide bonds. The van der Waals surface area contributed by atoms with E-state index in [9.17, 15) is 0 Å². The summed E-state index contributed by atoms with van der Waals surface area (Å²) in [5, 5.41) is 0. The van der Waals surface area contributed by atoms with Crippen LogP contribution < -0.4 is 0 Å². The van der Waals surface area contributed by atoms with Crippen molar-refractivity contribution in [3.8, 4) is 0 Å². The maximum absolute atomic E-state index is 4.23. The number of hydrogen-bond donors (Lipinski definition) is 0. The van der Waals surface area contributed by atoms with Gasteiger partial charge in [0, 0.05) is 0 Å². The summed E-state index contributed by atoms with van der Waals surface area (Å²) >= 11 is 50.8. The van der Waals surface area contributed by atoms with Crippen LogP contribution in [0.4, 0.5) is 0 Å². The van der Waals surface area contributed by atoms with Gasteiger partial charge < -0.3 is 88.7 Å². The van der Waals surface area contributed by atoms with Gasteiger partial charge in [-0.05, 0) is 0 Å². The molecule has 0 aliphatic heterocycles. The van der Waals surface area contributed by atoms with Crippen LogP contribution >= 0.6 is 254 Å². The summed E-state index contributed by atoms with van der Waals surface area (Å²) in [6, 6.07) is 0. The second kappa shape index (κ2) is 759. The first-order chi connectivity index (χ1) is 17.0. The fourth-order valence-corrected chi connectivity index (χ4v) is 0. The van der Waals surface area contributed by atoms with Crippen molar-refractivity contribution in [1.82, 2.24) is 0 Å². The van der Waals surface area contributed by atoms with Crippen molar-refractivity contribution < 1.29 is 0 Å². The molecular weight excluding hydrogens is 1210 g/mol. The molecule has 12 atom stereocenters. The Kier molecular flexibility index (Phi) is 3870. The van der Waals surface area contributed by atoms with Crippen molar-refractivity contribution in [2.75, 3.05) is 0 Å². The smallest absolute Gasteiger partial charge is 0.358 e. The minimum Gasteiger partial charge on any atom is -0.693 e. The molecule has 61 heavy (non-hydrogen) atoms. The standard InChI is InChI=1S/11CH4.2CH3.12BH2PS.12H2N/c;;;;;;;;;;;;;12*2-1-3;;;;;;;;;;;;/h11*1H4;2*1H3;12*2H2;12*1H2/q;;;;;;;;;;;2*-1;;;;;;;;;;;;;12*-1. The largest absolute Gasteiger partial charge is 0.693 e. The van der Waals surface area contributed by atoms with E-state index in [1.54, 1.807) is 0 Å². The zero-order chi connectivity index (χ0) is 32.5. The van der Waals surface area contributed by atoms with Gasteiger partial charge in [-0.1, -0.05) is 81.7 Å². The Balaban J connectivity index is -0.00000000284. The number of hydrogen-bond acceptors (Lipinski definition) is 12. The Bertz CT molecular complexity index is 361. The van der Waals surface area contributed by atoms with Gasteiger partial charge in [-0.15, -0.1) is 0 Å². The van der Waals surface area contributed by atoms with E-state index in [0.717, 1.165) is 0 Å². The first-order valence-corrected chi connectivity index (χ1v) is 20.5. The minimum absolute atomic E-state index is 0. The van der Waals surface area contributed by atoms with Gasteiger partial charge in [-0.3, -0.25) is 0 Å². The van der Waals surface area contributed by atoms with Crippen LogP contribution in [-0.2, 0) is 0 Å². The van der Waals surface area contributed by atoms with E-state index in [-0.39, 0.29) is 170 Å². The van der Waals surface area contributed by atoms with Crippen LogP contribution in [0.15, 0.2) is 0 Å². The summed E-state index contributed by atoms with van der Waals surface area (Å²) in [7, 11) is 27.2. The summed E-state index contributed by atoms with van der Waals surface area (Å²) in [6.07, 6.45) is 0. The van der Waals surface area contributed by atoms with E-state index < -0.39 is 0 Å². The zero-order valence-electron chi connectivity index (χ0n) is 27.7. The van der Waals surface area contributed by atoms with Crippen molar-refractivity contribution in [3.63, 3.8) is 0 Å². The van der Waals surface area contributed by atoms with E-state index in [2.05, 4.69) is 254 Å². The molecule has 0 saturated heterocycles. The molecule has 0 aromatic rings. The Morgan fingerprint density at radius 3 is 0.148 bits per heavy atom. The maximum Gasteiger partial charge on any atom is -0.358 e. The van der Waals surface area contributed by atoms with Crippen molar-refractivity contribution in [2.24, 2.45) is 0 Å². The van der Waals surface area contributed by atoms with Gasteiger partial charge in [0.15, 0.2) is 0 Å². The third-order valence-electron chi connectivity index (χ3n) is 0. The molecule has 0 saturated carbocycles. The summed E-state index contributed by atoms with van der Waals surface area (Å²) in [5.41, 5.74) is 0. The summed E-state index contributed by atoms with van der Waals surface area (Å²) in [4.78, 5) is 0. The van der Waals surface area contributed by atoms with Gasteiger partial charge in [0.05, 0.1) is 0 Å². The first kappa shape index (κ1) is 311. The van der Waals surface area contributed by atoms with Crippen molar-refractivity contribution in [3.05, 3.63) is 88.7 Å². The monoisotopic (exact) mass is 1310 g/mol. The molecule has 0 rings (SSSR count). The van der Waals surface area contributed by atoms with E-state index in [0.29, 0.717) is 0 Å². The van der Waals surface area contributed by atoms with Crippen LogP contribution in [0.25, 0.3) is 73.8 Å². The number of rotatable bonds is 0. The topological polar surface area (TPSA) is 402 Å². The molecule has 0 aromatic heterocycles. The third kappa shape index (κ3) is 4540. The number of nitrogens with two attached hydrogens (primary N) is 12. The molecule has 0 heterocycles. The quantitative estimate of drug-likeness (QED) is 0.124. The second-order valence-corrected chi connectivity index (χ2v) is 14.7. The molecule has 0 aromatic carbocycles. The maximum atomic E-state index is 4.23. The molecule has 392 valence electrons. The van der Waals surface area contributed by atoms with E-state index in [4.69, 9.17) is 0 Å². The van der Waals surface area contributed by atoms with Gasteiger partial charge in [0.2, 0.25) is 0 Å². The van der Waals surface area contributed by atoms with Crippen LogP contribution in [0.1, 0.15) is 81.7 Å². The van der Waals surface area contributed by atoms with Gasteiger partial charge in [-0.2, -0.15) is 0 Å². The Hall–Kier alpha value is 8.10. The molecule has 24 N–H and O–H groups in total. The van der Waals surface area contributed by atoms with Gasteiger partial charge in [-0.25, -0.2) is 0 Å². The summed E-state index contributed by atoms with van der Waals surface area (Å²) < 4.78 is 0. The minimum atomic E-state index is 0. The van der Waals surface area contributed by atoms with Crippen LogP contribution in [0.2, 0.25) is 0 Å². The molecule has 0 fully saturated rings. The Labute approximate surface area is 489 Å². The van der Waals surface area contributed by atoms with E-state index in [1.165, 1.54) is 70.5 Å². The SMILES string of the molecule is C.C.C.C.C.C.C.C.C.C.C.PB=S.PB=S.PB=S.PB=S.PB=S.PB=S.PB=S.PB=S.PB=S.PB=S.PB=S.PB=S.[CH3-].[CH3-].[NH2-].[NH2-].[NH2-].[NH2-].[NH2-].[NH2-].[NH2-].[NH2-].[NH2-].[NH2-].[NH2-].[NH2-]. The average Bonchev–Trinajstić information content (AvgIpc) is 2.75. The van der Waals surface area contributed by atoms with Crippen molar-refractivity contribution in [2.45, 2.75) is 81.7 Å². The fourth-order valence-electron chi connectivity index (χ4n) is 0. The first-order valence-electron chi connectivity index (χ1n) is 6.83. The van der Waals surface area contributed by atoms with Gasteiger partial charge in [0.1, 0.15) is 0 Å². The van der Waals surface area contributed by atoms with Crippen LogP contribution in [0.5, 0.6) is 0 Å². The molecule has 0 radical (unpaired) electrons. The molecule has 0 spiro atoms. The van der Waals surface area contributed by atoms with E-state index >= 15 is 0 Å². The summed E-state index contributed by atoms with van der Waals surface area (Å²) in [5.74, 6) is 18.0. The van der Waals surface area contributed by atoms with Crippen LogP contribution in [0, 0.1) is 14.9 Å². The molecule has 12 nitrogen and oxygen atoms in total. The molecule has 0 aliphatic rings. The average molecular weight is 1310 g/mol. The van der Waals surface area contributed by atoms with Crippen molar-refractivity contribution in [1.29, 1.82) is 0 Å². The fraction of sp³-hybridized carbons (Fsp3) is 0.846. The molecule has 12 unspecified atom stereocenters. The van der Waals surface area contributed by atoms with Gasteiger partial charge >= 0.3 is 325 Å². The van der Waals surface area contributed by atoms with Crippen molar-refractivity contribution >= 4 is 325 Å². The van der Waals surface area contributed by atoms with Gasteiger partial charge in [0.25, 0.3) is 0 Å². The third-order valence-corrected chi connectivity index (χ3v) is 0. The zero-order valence-corrected chi connectivity index (χ0v) is 51.3. The molecular formula is C13H98B12N12P12S12-14. The van der Waals surface area contributed by atoms with Crippen LogP contribution in [-0.4, -0.2) is 70.5 Å². The summed E-state index contributed by atoms with van der Waals surface area (Å²) in [6.45, 7) is 0. The predicted molar refractivity (Wildman–Crippen MR) is 427 cm³/mol. The van der Waals surface area contributed by atoms with Crippen LogP contribution in [0.3, 0.4) is 0 Å². The normalized spacial score (nSPS) is 1.77. The molecule has 0 bridgehead atoms.